The predicted octanol–water partition coefficient (Wildman–Crippen LogP) is 3.55. The van der Waals surface area contributed by atoms with Crippen LogP contribution in [-0.2, 0) is 4.74 Å². The Morgan fingerprint density at radius 3 is 2.76 bits per heavy atom. The van der Waals surface area contributed by atoms with Crippen molar-refractivity contribution in [2.75, 3.05) is 13.7 Å². The number of benzene rings is 1. The second kappa shape index (κ2) is 7.55. The van der Waals surface area contributed by atoms with Gasteiger partial charge in [0.15, 0.2) is 11.5 Å². The number of nitrogens with one attached hydrogen (secondary N) is 1. The summed E-state index contributed by atoms with van der Waals surface area (Å²) in [6.45, 7) is 2.29. The lowest BCUT2D eigenvalue weighted by Crippen LogP contribution is -2.35. The summed E-state index contributed by atoms with van der Waals surface area (Å²) >= 11 is 5.96. The van der Waals surface area contributed by atoms with Crippen LogP contribution in [0.4, 0.5) is 0 Å². The zero-order chi connectivity index (χ0) is 17.8. The standard InChI is InChI=1S/C18H18ClN3O3/c1-12(11-24-2)20-18(23)15-10-16(17-4-3-9-25-17)22(21-15)14-7-5-13(19)6-8-14/h3-10,12H,11H2,1-2H3,(H,20,23)/t12-/m1/s1. The number of halogens is 1. The Bertz CT molecular complexity index is 841. The number of furan rings is 1. The van der Waals surface area contributed by atoms with E-state index in [0.29, 0.717) is 28.8 Å². The third kappa shape index (κ3) is 3.92. The number of rotatable bonds is 6. The molecule has 1 amide bonds. The van der Waals surface area contributed by atoms with Gasteiger partial charge in [0.2, 0.25) is 0 Å². The molecule has 0 aliphatic rings. The molecule has 0 aliphatic carbocycles. The molecule has 0 radical (unpaired) electrons. The van der Waals surface area contributed by atoms with E-state index in [1.165, 1.54) is 0 Å². The molecular weight excluding hydrogens is 342 g/mol. The van der Waals surface area contributed by atoms with Crippen molar-refractivity contribution in [3.63, 3.8) is 0 Å². The predicted molar refractivity (Wildman–Crippen MR) is 95.1 cm³/mol. The molecule has 0 bridgehead atoms. The van der Waals surface area contributed by atoms with Crippen LogP contribution in [0.15, 0.2) is 53.1 Å². The van der Waals surface area contributed by atoms with Crippen LogP contribution in [0.1, 0.15) is 17.4 Å². The molecule has 1 N–H and O–H groups in total. The second-order valence-electron chi connectivity index (χ2n) is 5.61. The third-order valence-corrected chi connectivity index (χ3v) is 3.83. The van der Waals surface area contributed by atoms with Crippen molar-refractivity contribution in [3.8, 4) is 17.1 Å². The zero-order valence-corrected chi connectivity index (χ0v) is 14.7. The Balaban J connectivity index is 1.97. The molecule has 6 nitrogen and oxygen atoms in total. The van der Waals surface area contributed by atoms with E-state index < -0.39 is 0 Å². The molecular formula is C18H18ClN3O3. The maximum Gasteiger partial charge on any atom is 0.272 e. The van der Waals surface area contributed by atoms with Gasteiger partial charge in [0.05, 0.1) is 18.6 Å². The first-order valence-corrected chi connectivity index (χ1v) is 8.16. The molecule has 0 unspecified atom stereocenters. The number of nitrogens with zero attached hydrogens (tertiary/aromatic N) is 2. The van der Waals surface area contributed by atoms with Gasteiger partial charge in [0.25, 0.3) is 5.91 Å². The second-order valence-corrected chi connectivity index (χ2v) is 6.05. The van der Waals surface area contributed by atoms with E-state index >= 15 is 0 Å². The molecule has 3 aromatic rings. The van der Waals surface area contributed by atoms with Crippen molar-refractivity contribution in [1.82, 2.24) is 15.1 Å². The fraction of sp³-hybridized carbons (Fsp3) is 0.222. The Morgan fingerprint density at radius 2 is 2.12 bits per heavy atom. The van der Waals surface area contributed by atoms with Crippen LogP contribution in [0.3, 0.4) is 0 Å². The maximum absolute atomic E-state index is 12.5. The van der Waals surface area contributed by atoms with Crippen molar-refractivity contribution in [2.45, 2.75) is 13.0 Å². The van der Waals surface area contributed by atoms with E-state index in [1.807, 2.05) is 25.1 Å². The fourth-order valence-corrected chi connectivity index (χ4v) is 2.59. The van der Waals surface area contributed by atoms with Gasteiger partial charge < -0.3 is 14.5 Å². The topological polar surface area (TPSA) is 69.3 Å². The molecule has 0 spiro atoms. The first-order valence-electron chi connectivity index (χ1n) is 7.78. The van der Waals surface area contributed by atoms with E-state index in [2.05, 4.69) is 10.4 Å². The fourth-order valence-electron chi connectivity index (χ4n) is 2.46. The summed E-state index contributed by atoms with van der Waals surface area (Å²) in [5, 5.41) is 7.92. The SMILES string of the molecule is COC[C@@H](C)NC(=O)c1cc(-c2ccco2)n(-c2ccc(Cl)cc2)n1. The molecule has 1 atom stereocenters. The maximum atomic E-state index is 12.5. The summed E-state index contributed by atoms with van der Waals surface area (Å²) in [5.74, 6) is 0.344. The van der Waals surface area contributed by atoms with Crippen LogP contribution >= 0.6 is 11.6 Å². The molecule has 3 rings (SSSR count). The first-order chi connectivity index (χ1) is 12.1. The minimum absolute atomic E-state index is 0.120. The first kappa shape index (κ1) is 17.3. The largest absolute Gasteiger partial charge is 0.463 e. The van der Waals surface area contributed by atoms with Crippen LogP contribution in [0.2, 0.25) is 5.02 Å². The normalized spacial score (nSPS) is 12.1. The Hall–Kier alpha value is -2.57. The van der Waals surface area contributed by atoms with E-state index in [9.17, 15) is 4.79 Å². The van der Waals surface area contributed by atoms with Gasteiger partial charge in [0.1, 0.15) is 5.69 Å². The number of hydrogen-bond acceptors (Lipinski definition) is 4. The number of amides is 1. The van der Waals surface area contributed by atoms with Gasteiger partial charge >= 0.3 is 0 Å². The van der Waals surface area contributed by atoms with Gasteiger partial charge in [-0.15, -0.1) is 0 Å². The van der Waals surface area contributed by atoms with E-state index in [4.69, 9.17) is 20.8 Å². The summed E-state index contributed by atoms with van der Waals surface area (Å²) in [5.41, 5.74) is 1.75. The number of carbonyl (C=O) groups excluding carboxylic acids is 1. The van der Waals surface area contributed by atoms with Crippen molar-refractivity contribution < 1.29 is 13.9 Å². The van der Waals surface area contributed by atoms with Gasteiger partial charge in [0, 0.05) is 24.2 Å². The molecule has 2 heterocycles. The quantitative estimate of drug-likeness (QED) is 0.730. The third-order valence-electron chi connectivity index (χ3n) is 3.58. The summed E-state index contributed by atoms with van der Waals surface area (Å²) in [6.07, 6.45) is 1.58. The summed E-state index contributed by atoms with van der Waals surface area (Å²) in [6, 6.07) is 12.4. The molecule has 7 heteroatoms. The number of methoxy groups -OCH3 is 1. The molecule has 2 aromatic heterocycles. The van der Waals surface area contributed by atoms with Crippen molar-refractivity contribution in [3.05, 3.63) is 59.4 Å². The van der Waals surface area contributed by atoms with Crippen LogP contribution in [0.25, 0.3) is 17.1 Å². The van der Waals surface area contributed by atoms with E-state index in [-0.39, 0.29) is 11.9 Å². The lowest BCUT2D eigenvalue weighted by Gasteiger charge is -2.11. The van der Waals surface area contributed by atoms with Crippen molar-refractivity contribution in [2.24, 2.45) is 0 Å². The van der Waals surface area contributed by atoms with Crippen LogP contribution in [-0.4, -0.2) is 35.4 Å². The van der Waals surface area contributed by atoms with Crippen LogP contribution in [0.5, 0.6) is 0 Å². The van der Waals surface area contributed by atoms with Crippen molar-refractivity contribution in [1.29, 1.82) is 0 Å². The van der Waals surface area contributed by atoms with Crippen LogP contribution in [0, 0.1) is 0 Å². The molecule has 0 saturated carbocycles. The van der Waals surface area contributed by atoms with Gasteiger partial charge in [-0.05, 0) is 43.3 Å². The van der Waals surface area contributed by atoms with Gasteiger partial charge in [-0.3, -0.25) is 4.79 Å². The summed E-state index contributed by atoms with van der Waals surface area (Å²) in [4.78, 5) is 12.5. The van der Waals surface area contributed by atoms with Gasteiger partial charge in [-0.25, -0.2) is 4.68 Å². The number of hydrogen-bond donors (Lipinski definition) is 1. The number of ether oxygens (including phenoxy) is 1. The Morgan fingerprint density at radius 1 is 1.36 bits per heavy atom. The minimum atomic E-state index is -0.273. The molecule has 1 aromatic carbocycles. The molecule has 25 heavy (non-hydrogen) atoms. The number of aromatic nitrogens is 2. The molecule has 0 fully saturated rings. The summed E-state index contributed by atoms with van der Waals surface area (Å²) in [7, 11) is 1.59. The van der Waals surface area contributed by atoms with Crippen molar-refractivity contribution >= 4 is 17.5 Å². The Labute approximate surface area is 150 Å². The molecule has 130 valence electrons. The van der Waals surface area contributed by atoms with Gasteiger partial charge in [-0.1, -0.05) is 11.6 Å². The minimum Gasteiger partial charge on any atom is -0.463 e. The molecule has 0 aliphatic heterocycles. The average molecular weight is 360 g/mol. The highest BCUT2D eigenvalue weighted by atomic mass is 35.5. The highest BCUT2D eigenvalue weighted by molar-refractivity contribution is 6.30. The highest BCUT2D eigenvalue weighted by Crippen LogP contribution is 2.25. The van der Waals surface area contributed by atoms with E-state index in [0.717, 1.165) is 5.69 Å². The zero-order valence-electron chi connectivity index (χ0n) is 13.9. The lowest BCUT2D eigenvalue weighted by atomic mass is 10.2. The summed E-state index contributed by atoms with van der Waals surface area (Å²) < 4.78 is 12.2. The Kier molecular flexibility index (Phi) is 5.21. The number of carbonyl (C=O) groups is 1. The average Bonchev–Trinajstić information content (AvgIpc) is 3.25. The van der Waals surface area contributed by atoms with Crippen LogP contribution < -0.4 is 5.32 Å². The lowest BCUT2D eigenvalue weighted by molar-refractivity contribution is 0.0900. The smallest absolute Gasteiger partial charge is 0.272 e. The monoisotopic (exact) mass is 359 g/mol. The molecule has 0 saturated heterocycles. The van der Waals surface area contributed by atoms with Gasteiger partial charge in [-0.2, -0.15) is 5.10 Å². The highest BCUT2D eigenvalue weighted by Gasteiger charge is 2.19. The van der Waals surface area contributed by atoms with E-state index in [1.54, 1.807) is 42.3 Å².